The minimum atomic E-state index is -4.21. The van der Waals surface area contributed by atoms with Crippen LogP contribution in [-0.4, -0.2) is 64.5 Å². The van der Waals surface area contributed by atoms with Crippen LogP contribution in [0.15, 0.2) is 36.4 Å². The number of ketones is 1. The van der Waals surface area contributed by atoms with Gasteiger partial charge in [0.2, 0.25) is 5.78 Å². The molecule has 188 valence electrons. The summed E-state index contributed by atoms with van der Waals surface area (Å²) in [5.74, 6) is -3.02. The number of benzene rings is 2. The maximum absolute atomic E-state index is 13.2. The molecule has 0 radical (unpaired) electrons. The van der Waals surface area contributed by atoms with Crippen LogP contribution in [0.5, 0.6) is 23.0 Å². The van der Waals surface area contributed by atoms with Gasteiger partial charge in [0, 0.05) is 12.1 Å². The van der Waals surface area contributed by atoms with Gasteiger partial charge in [-0.15, -0.1) is 0 Å². The summed E-state index contributed by atoms with van der Waals surface area (Å²) in [6, 6.07) is 5.67. The first-order chi connectivity index (χ1) is 15.2. The largest absolute Gasteiger partial charge is 0.382 e. The number of carbonyl (C=O) groups is 1. The monoisotopic (exact) mass is 558 g/mol. The molecule has 0 atom stereocenters. The lowest BCUT2D eigenvalue weighted by Gasteiger charge is -2.14. The van der Waals surface area contributed by atoms with Crippen molar-refractivity contribution in [2.24, 2.45) is 0 Å². The van der Waals surface area contributed by atoms with Crippen LogP contribution in [0.2, 0.25) is 0 Å². The zero-order valence-electron chi connectivity index (χ0n) is 17.9. The smallest absolute Gasteiger partial charge is 0.306 e. The fourth-order valence-electron chi connectivity index (χ4n) is 2.44. The molecule has 0 aliphatic carbocycles. The molecule has 0 N–H and O–H groups in total. The molecule has 0 fully saturated rings. The Morgan fingerprint density at radius 3 is 1.09 bits per heavy atom. The molecule has 0 saturated heterocycles. The van der Waals surface area contributed by atoms with Gasteiger partial charge in [0.05, 0.1) is 36.1 Å². The zero-order valence-corrected chi connectivity index (χ0v) is 21.2. The Bertz CT molecular complexity index is 1440. The molecule has 13 nitrogen and oxygen atoms in total. The van der Waals surface area contributed by atoms with Gasteiger partial charge in [0.25, 0.3) is 0 Å². The molecule has 0 aromatic heterocycles. The standard InChI is InChI=1S/C17H18O13S4/c1-31(19,20)27-11-5-7-13(15(9-11)29-33(3,23)24)17(18)14-8-6-12(28-32(2,21)22)10-16(14)30-34(4,25)26/h5-10H,1-4H3. The summed E-state index contributed by atoms with van der Waals surface area (Å²) in [6.07, 6.45) is 2.80. The van der Waals surface area contributed by atoms with Crippen LogP contribution in [0.1, 0.15) is 15.9 Å². The number of rotatable bonds is 10. The first kappa shape index (κ1) is 27.4. The molecular weight excluding hydrogens is 540 g/mol. The Balaban J connectivity index is 2.68. The van der Waals surface area contributed by atoms with Crippen LogP contribution in [0.3, 0.4) is 0 Å². The quantitative estimate of drug-likeness (QED) is 0.285. The molecule has 0 aliphatic heterocycles. The molecule has 0 unspecified atom stereocenters. The topological polar surface area (TPSA) is 191 Å². The van der Waals surface area contributed by atoms with E-state index in [0.29, 0.717) is 12.5 Å². The van der Waals surface area contributed by atoms with E-state index in [9.17, 15) is 38.5 Å². The lowest BCUT2D eigenvalue weighted by molar-refractivity contribution is 0.103. The second kappa shape index (κ2) is 9.40. The van der Waals surface area contributed by atoms with Crippen LogP contribution in [-0.2, 0) is 40.5 Å². The van der Waals surface area contributed by atoms with Gasteiger partial charge < -0.3 is 16.7 Å². The van der Waals surface area contributed by atoms with Crippen molar-refractivity contribution in [3.63, 3.8) is 0 Å². The van der Waals surface area contributed by atoms with Crippen LogP contribution in [0.4, 0.5) is 0 Å². The Hall–Kier alpha value is -2.89. The normalized spacial score (nSPS) is 12.6. The summed E-state index contributed by atoms with van der Waals surface area (Å²) in [5, 5.41) is 0. The molecule has 0 aliphatic rings. The average molecular weight is 559 g/mol. The fraction of sp³-hybridized carbons (Fsp3) is 0.235. The summed E-state index contributed by atoms with van der Waals surface area (Å²) in [6.45, 7) is 0. The molecule has 0 spiro atoms. The van der Waals surface area contributed by atoms with Crippen molar-refractivity contribution in [2.75, 3.05) is 25.0 Å². The van der Waals surface area contributed by atoms with Crippen molar-refractivity contribution in [1.82, 2.24) is 0 Å². The highest BCUT2D eigenvalue weighted by atomic mass is 32.2. The van der Waals surface area contributed by atoms with Crippen molar-refractivity contribution >= 4 is 46.3 Å². The third-order valence-electron chi connectivity index (χ3n) is 3.37. The van der Waals surface area contributed by atoms with Crippen molar-refractivity contribution in [2.45, 2.75) is 0 Å². The molecular formula is C17H18O13S4. The maximum Gasteiger partial charge on any atom is 0.306 e. The zero-order chi connectivity index (χ0) is 26.1. The second-order valence-electron chi connectivity index (χ2n) is 6.79. The molecule has 0 saturated carbocycles. The van der Waals surface area contributed by atoms with E-state index in [4.69, 9.17) is 8.37 Å². The minimum absolute atomic E-state index is 0.373. The molecule has 0 amide bonds. The van der Waals surface area contributed by atoms with Crippen LogP contribution >= 0.6 is 0 Å². The molecule has 2 aromatic rings. The van der Waals surface area contributed by atoms with Gasteiger partial charge in [0.15, 0.2) is 11.5 Å². The lowest BCUT2D eigenvalue weighted by atomic mass is 10.0. The molecule has 2 rings (SSSR count). The molecule has 2 aromatic carbocycles. The van der Waals surface area contributed by atoms with E-state index < -0.39 is 68.9 Å². The highest BCUT2D eigenvalue weighted by Gasteiger charge is 2.25. The molecule has 34 heavy (non-hydrogen) atoms. The van der Waals surface area contributed by atoms with Gasteiger partial charge in [-0.2, -0.15) is 33.7 Å². The summed E-state index contributed by atoms with van der Waals surface area (Å²) in [4.78, 5) is 13.2. The molecule has 17 heteroatoms. The average Bonchev–Trinajstić information content (AvgIpc) is 2.56. The number of hydrogen-bond donors (Lipinski definition) is 0. The van der Waals surface area contributed by atoms with E-state index in [0.717, 1.165) is 48.9 Å². The van der Waals surface area contributed by atoms with E-state index in [1.54, 1.807) is 0 Å². The predicted molar refractivity (Wildman–Crippen MR) is 118 cm³/mol. The summed E-state index contributed by atoms with van der Waals surface area (Å²) < 4.78 is 111. The van der Waals surface area contributed by atoms with E-state index in [1.165, 1.54) is 0 Å². The van der Waals surface area contributed by atoms with Gasteiger partial charge in [-0.1, -0.05) is 0 Å². The highest BCUT2D eigenvalue weighted by Crippen LogP contribution is 2.33. The predicted octanol–water partition coefficient (Wildman–Crippen LogP) is 0.271. The number of carbonyl (C=O) groups excluding carboxylic acids is 1. The summed E-state index contributed by atoms with van der Waals surface area (Å²) in [5.41, 5.74) is -0.886. The minimum Gasteiger partial charge on any atom is -0.382 e. The second-order valence-corrected chi connectivity index (χ2v) is 13.1. The SMILES string of the molecule is CS(=O)(=O)Oc1ccc(C(=O)c2ccc(OS(C)(=O)=O)cc2OS(C)(=O)=O)c(OS(C)(=O)=O)c1. The van der Waals surface area contributed by atoms with E-state index in [-0.39, 0.29) is 11.5 Å². The van der Waals surface area contributed by atoms with Gasteiger partial charge in [-0.25, -0.2) is 0 Å². The Kier molecular flexibility index (Phi) is 7.56. The van der Waals surface area contributed by atoms with Gasteiger partial charge >= 0.3 is 40.5 Å². The Morgan fingerprint density at radius 2 is 0.824 bits per heavy atom. The third kappa shape index (κ3) is 8.81. The lowest BCUT2D eigenvalue weighted by Crippen LogP contribution is -2.14. The van der Waals surface area contributed by atoms with Crippen LogP contribution < -0.4 is 16.7 Å². The first-order valence-corrected chi connectivity index (χ1v) is 15.9. The van der Waals surface area contributed by atoms with Crippen molar-refractivity contribution in [1.29, 1.82) is 0 Å². The van der Waals surface area contributed by atoms with E-state index >= 15 is 0 Å². The summed E-state index contributed by atoms with van der Waals surface area (Å²) >= 11 is 0. The highest BCUT2D eigenvalue weighted by molar-refractivity contribution is 7.87. The first-order valence-electron chi connectivity index (χ1n) is 8.63. The van der Waals surface area contributed by atoms with Crippen molar-refractivity contribution < 1.29 is 55.2 Å². The number of hydrogen-bond acceptors (Lipinski definition) is 13. The van der Waals surface area contributed by atoms with Gasteiger partial charge in [-0.3, -0.25) is 4.79 Å². The molecule has 0 bridgehead atoms. The van der Waals surface area contributed by atoms with Gasteiger partial charge in [-0.05, 0) is 24.3 Å². The Labute approximate surface area is 196 Å². The summed E-state index contributed by atoms with van der Waals surface area (Å²) in [7, 11) is -16.4. The van der Waals surface area contributed by atoms with Gasteiger partial charge in [0.1, 0.15) is 11.5 Å². The Morgan fingerprint density at radius 1 is 0.529 bits per heavy atom. The maximum atomic E-state index is 13.2. The third-order valence-corrected chi connectivity index (χ3v) is 5.33. The van der Waals surface area contributed by atoms with E-state index in [1.807, 2.05) is 0 Å². The van der Waals surface area contributed by atoms with Crippen LogP contribution in [0, 0.1) is 0 Å². The fourth-order valence-corrected chi connectivity index (χ4v) is 4.28. The van der Waals surface area contributed by atoms with E-state index in [2.05, 4.69) is 8.37 Å². The molecule has 0 heterocycles. The van der Waals surface area contributed by atoms with Crippen molar-refractivity contribution in [3.05, 3.63) is 47.5 Å². The van der Waals surface area contributed by atoms with Crippen molar-refractivity contribution in [3.8, 4) is 23.0 Å². The van der Waals surface area contributed by atoms with Crippen LogP contribution in [0.25, 0.3) is 0 Å².